The van der Waals surface area contributed by atoms with Gasteiger partial charge in [-0.25, -0.2) is 9.59 Å². The fourth-order valence-electron chi connectivity index (χ4n) is 2.88. The van der Waals surface area contributed by atoms with Crippen LogP contribution in [-0.4, -0.2) is 47.7 Å². The zero-order valence-electron chi connectivity index (χ0n) is 12.9. The quantitative estimate of drug-likeness (QED) is 0.476. The van der Waals surface area contributed by atoms with Gasteiger partial charge < -0.3 is 9.47 Å². The third-order valence-corrected chi connectivity index (χ3v) is 3.82. The summed E-state index contributed by atoms with van der Waals surface area (Å²) in [7, 11) is 1.17. The van der Waals surface area contributed by atoms with E-state index in [2.05, 4.69) is 0 Å². The Balaban J connectivity index is 2.46. The first-order valence-electron chi connectivity index (χ1n) is 7.22. The number of benzene rings is 1. The summed E-state index contributed by atoms with van der Waals surface area (Å²) in [6, 6.07) is 5.56. The highest BCUT2D eigenvalue weighted by Crippen LogP contribution is 2.38. The maximum absolute atomic E-state index is 12.2. The van der Waals surface area contributed by atoms with E-state index in [9.17, 15) is 19.7 Å². The van der Waals surface area contributed by atoms with Crippen LogP contribution in [0, 0.1) is 10.1 Å². The number of methoxy groups -OCH3 is 1. The van der Waals surface area contributed by atoms with Crippen molar-refractivity contribution in [2.75, 3.05) is 13.7 Å². The summed E-state index contributed by atoms with van der Waals surface area (Å²) in [5.74, 6) is -0.664. The Labute approximate surface area is 133 Å². The summed E-state index contributed by atoms with van der Waals surface area (Å²) in [4.78, 5) is 36.4. The van der Waals surface area contributed by atoms with Crippen LogP contribution < -0.4 is 0 Å². The molecule has 1 saturated heterocycles. The molecular formula is C15H18N2O6. The number of carbonyl (C=O) groups is 2. The first-order valence-corrected chi connectivity index (χ1v) is 7.22. The average molecular weight is 322 g/mol. The van der Waals surface area contributed by atoms with E-state index in [0.29, 0.717) is 5.56 Å². The first kappa shape index (κ1) is 16.7. The average Bonchev–Trinajstić information content (AvgIpc) is 2.96. The molecule has 1 aromatic rings. The number of esters is 1. The minimum atomic E-state index is -1.11. The number of hydrogen-bond donors (Lipinski definition) is 0. The largest absolute Gasteiger partial charge is 0.464 e. The van der Waals surface area contributed by atoms with Gasteiger partial charge in [0, 0.05) is 11.3 Å². The number of nitrogens with zero attached hydrogens (tertiary/aromatic N) is 2. The molecule has 1 aliphatic heterocycles. The molecule has 0 aromatic heterocycles. The van der Waals surface area contributed by atoms with E-state index in [1.54, 1.807) is 37.3 Å². The Hall–Kier alpha value is -2.64. The molecule has 1 fully saturated rings. The summed E-state index contributed by atoms with van der Waals surface area (Å²) in [5, 5.41) is 11.4. The van der Waals surface area contributed by atoms with Crippen molar-refractivity contribution in [1.82, 2.24) is 4.90 Å². The van der Waals surface area contributed by atoms with Crippen LogP contribution in [0.1, 0.15) is 24.9 Å². The molecule has 0 unspecified atom stereocenters. The summed E-state index contributed by atoms with van der Waals surface area (Å²) in [5.41, 5.74) is 0.575. The molecule has 0 radical (unpaired) electrons. The van der Waals surface area contributed by atoms with E-state index in [4.69, 9.17) is 9.47 Å². The fourth-order valence-corrected chi connectivity index (χ4v) is 2.88. The van der Waals surface area contributed by atoms with Gasteiger partial charge in [-0.3, -0.25) is 15.0 Å². The van der Waals surface area contributed by atoms with Gasteiger partial charge in [-0.2, -0.15) is 0 Å². The molecule has 1 heterocycles. The van der Waals surface area contributed by atoms with Crippen molar-refractivity contribution < 1.29 is 24.0 Å². The minimum Gasteiger partial charge on any atom is -0.464 e. The molecule has 23 heavy (non-hydrogen) atoms. The predicted molar refractivity (Wildman–Crippen MR) is 79.2 cm³/mol. The molecule has 8 nitrogen and oxygen atoms in total. The second-order valence-electron chi connectivity index (χ2n) is 5.09. The van der Waals surface area contributed by atoms with Crippen LogP contribution in [-0.2, 0) is 14.3 Å². The molecule has 0 bridgehead atoms. The number of nitro groups is 1. The third kappa shape index (κ3) is 3.25. The standard InChI is InChI=1S/C15H18N2O6/c1-3-23-14(18)12-9-11(17(20)21)13(16(12)15(19)22-2)10-7-5-4-6-8-10/h4-8,11-13H,3,9H2,1-2H3/t11-,12-,13-/m0/s1. The van der Waals surface area contributed by atoms with Crippen molar-refractivity contribution in [3.05, 3.63) is 46.0 Å². The van der Waals surface area contributed by atoms with E-state index >= 15 is 0 Å². The van der Waals surface area contributed by atoms with Crippen molar-refractivity contribution in [2.45, 2.75) is 31.5 Å². The lowest BCUT2D eigenvalue weighted by Crippen LogP contribution is -2.43. The number of carbonyl (C=O) groups excluding carboxylic acids is 2. The second kappa shape index (κ2) is 7.08. The molecule has 1 aromatic carbocycles. The van der Waals surface area contributed by atoms with Crippen LogP contribution >= 0.6 is 0 Å². The monoisotopic (exact) mass is 322 g/mol. The van der Waals surface area contributed by atoms with Gasteiger partial charge in [0.25, 0.3) is 0 Å². The highest BCUT2D eigenvalue weighted by atomic mass is 16.6. The molecule has 2 rings (SSSR count). The van der Waals surface area contributed by atoms with Crippen LogP contribution in [0.15, 0.2) is 30.3 Å². The van der Waals surface area contributed by atoms with Crippen molar-refractivity contribution in [3.63, 3.8) is 0 Å². The van der Waals surface area contributed by atoms with Crippen LogP contribution in [0.3, 0.4) is 0 Å². The number of likely N-dealkylation sites (tertiary alicyclic amines) is 1. The van der Waals surface area contributed by atoms with Gasteiger partial charge >= 0.3 is 12.1 Å². The Morgan fingerprint density at radius 1 is 1.35 bits per heavy atom. The predicted octanol–water partition coefficient (Wildman–Crippen LogP) is 1.78. The van der Waals surface area contributed by atoms with Gasteiger partial charge in [0.2, 0.25) is 6.04 Å². The minimum absolute atomic E-state index is 0.111. The van der Waals surface area contributed by atoms with Crippen LogP contribution in [0.5, 0.6) is 0 Å². The Kier molecular flexibility index (Phi) is 5.15. The maximum Gasteiger partial charge on any atom is 0.411 e. The van der Waals surface area contributed by atoms with E-state index in [0.717, 1.165) is 4.90 Å². The smallest absolute Gasteiger partial charge is 0.411 e. The van der Waals surface area contributed by atoms with Gasteiger partial charge in [-0.15, -0.1) is 0 Å². The van der Waals surface area contributed by atoms with E-state index in [1.807, 2.05) is 0 Å². The lowest BCUT2D eigenvalue weighted by Gasteiger charge is -2.27. The molecule has 1 amide bonds. The second-order valence-corrected chi connectivity index (χ2v) is 5.09. The Morgan fingerprint density at radius 2 is 2.00 bits per heavy atom. The number of hydrogen-bond acceptors (Lipinski definition) is 6. The van der Waals surface area contributed by atoms with Gasteiger partial charge in [-0.1, -0.05) is 30.3 Å². The van der Waals surface area contributed by atoms with E-state index in [1.165, 1.54) is 7.11 Å². The summed E-state index contributed by atoms with van der Waals surface area (Å²) in [6.07, 6.45) is -0.901. The lowest BCUT2D eigenvalue weighted by molar-refractivity contribution is -0.525. The molecule has 0 spiro atoms. The topological polar surface area (TPSA) is 99.0 Å². The van der Waals surface area contributed by atoms with Crippen LogP contribution in [0.2, 0.25) is 0 Å². The molecule has 0 aliphatic carbocycles. The Morgan fingerprint density at radius 3 is 2.52 bits per heavy atom. The zero-order chi connectivity index (χ0) is 17.0. The number of rotatable bonds is 4. The maximum atomic E-state index is 12.2. The highest BCUT2D eigenvalue weighted by Gasteiger charge is 2.54. The molecule has 1 aliphatic rings. The highest BCUT2D eigenvalue weighted by molar-refractivity contribution is 5.82. The van der Waals surface area contributed by atoms with Gasteiger partial charge in [0.05, 0.1) is 13.7 Å². The Bertz CT molecular complexity index is 591. The molecule has 3 atom stereocenters. The van der Waals surface area contributed by atoms with Crippen molar-refractivity contribution >= 4 is 12.1 Å². The molecule has 0 saturated carbocycles. The SMILES string of the molecule is CCOC(=O)[C@@H]1C[C@H]([N+](=O)[O-])[C@H](c2ccccc2)N1C(=O)OC. The summed E-state index contributed by atoms with van der Waals surface area (Å²) in [6.45, 7) is 1.76. The van der Waals surface area contributed by atoms with Crippen molar-refractivity contribution in [2.24, 2.45) is 0 Å². The third-order valence-electron chi connectivity index (χ3n) is 3.82. The zero-order valence-corrected chi connectivity index (χ0v) is 12.9. The number of amides is 1. The van der Waals surface area contributed by atoms with Crippen molar-refractivity contribution in [1.29, 1.82) is 0 Å². The van der Waals surface area contributed by atoms with Crippen LogP contribution in [0.4, 0.5) is 4.79 Å². The molecule has 124 valence electrons. The molecular weight excluding hydrogens is 304 g/mol. The normalized spacial score (nSPS) is 23.4. The van der Waals surface area contributed by atoms with Gasteiger partial charge in [0.15, 0.2) is 0 Å². The van der Waals surface area contributed by atoms with Gasteiger partial charge in [0.1, 0.15) is 12.1 Å². The molecule has 0 N–H and O–H groups in total. The summed E-state index contributed by atoms with van der Waals surface area (Å²) >= 11 is 0. The molecule has 8 heteroatoms. The van der Waals surface area contributed by atoms with E-state index in [-0.39, 0.29) is 13.0 Å². The first-order chi connectivity index (χ1) is 11.0. The van der Waals surface area contributed by atoms with Crippen LogP contribution in [0.25, 0.3) is 0 Å². The number of ether oxygens (including phenoxy) is 2. The van der Waals surface area contributed by atoms with E-state index < -0.39 is 35.1 Å². The lowest BCUT2D eigenvalue weighted by atomic mass is 10.0. The van der Waals surface area contributed by atoms with Crippen molar-refractivity contribution in [3.8, 4) is 0 Å². The fraction of sp³-hybridized carbons (Fsp3) is 0.467. The summed E-state index contributed by atoms with van der Waals surface area (Å²) < 4.78 is 9.68. The van der Waals surface area contributed by atoms with Gasteiger partial charge in [-0.05, 0) is 12.5 Å².